The Balaban J connectivity index is 2.28. The van der Waals surface area contributed by atoms with E-state index in [1.54, 1.807) is 21.6 Å². The molecule has 0 bridgehead atoms. The van der Waals surface area contributed by atoms with Gasteiger partial charge in [0.15, 0.2) is 0 Å². The third kappa shape index (κ3) is 7.78. The van der Waals surface area contributed by atoms with Gasteiger partial charge in [0.1, 0.15) is 6.10 Å². The maximum atomic E-state index is 11.8. The fourth-order valence-electron chi connectivity index (χ4n) is 1.98. The average Bonchev–Trinajstić information content (AvgIpc) is 2.30. The van der Waals surface area contributed by atoms with Gasteiger partial charge in [-0.05, 0) is 52.2 Å². The standard InChI is InChI=1S/C14H25NO2S2/c1-14(2,19-18-3)11-15-13(16)17-12-9-7-5-4-6-8-10-12/h4-5,12H,6-11H2,1-3H3,(H,15,16)/b5-4+. The maximum Gasteiger partial charge on any atom is 0.407 e. The van der Waals surface area contributed by atoms with Crippen LogP contribution in [-0.4, -0.2) is 29.7 Å². The van der Waals surface area contributed by atoms with E-state index in [0.29, 0.717) is 6.54 Å². The quantitative estimate of drug-likeness (QED) is 0.604. The highest BCUT2D eigenvalue weighted by Crippen LogP contribution is 2.32. The van der Waals surface area contributed by atoms with Gasteiger partial charge in [-0.25, -0.2) is 4.79 Å². The SMILES string of the molecule is CSSC(C)(C)CNC(=O)OC1CC/C=C/CCC1. The lowest BCUT2D eigenvalue weighted by atomic mass is 10.0. The van der Waals surface area contributed by atoms with Crippen molar-refractivity contribution in [2.75, 3.05) is 12.8 Å². The molecule has 5 heteroatoms. The summed E-state index contributed by atoms with van der Waals surface area (Å²) in [6.07, 6.45) is 11.4. The summed E-state index contributed by atoms with van der Waals surface area (Å²) in [5, 5.41) is 2.88. The van der Waals surface area contributed by atoms with Gasteiger partial charge in [0.25, 0.3) is 0 Å². The van der Waals surface area contributed by atoms with Crippen LogP contribution in [0.15, 0.2) is 12.2 Å². The molecule has 19 heavy (non-hydrogen) atoms. The van der Waals surface area contributed by atoms with Gasteiger partial charge in [0, 0.05) is 11.3 Å². The topological polar surface area (TPSA) is 38.3 Å². The van der Waals surface area contributed by atoms with Crippen molar-refractivity contribution in [3.63, 3.8) is 0 Å². The number of hydrogen-bond donors (Lipinski definition) is 1. The molecule has 1 amide bonds. The number of rotatable bonds is 5. The van der Waals surface area contributed by atoms with Crippen molar-refractivity contribution >= 4 is 27.7 Å². The second kappa shape index (κ2) is 8.80. The molecule has 1 aliphatic carbocycles. The molecule has 1 unspecified atom stereocenters. The smallest absolute Gasteiger partial charge is 0.407 e. The van der Waals surface area contributed by atoms with Crippen LogP contribution in [0.2, 0.25) is 0 Å². The molecule has 0 aromatic heterocycles. The van der Waals surface area contributed by atoms with Crippen LogP contribution < -0.4 is 5.32 Å². The fourth-order valence-corrected chi connectivity index (χ4v) is 4.09. The molecule has 0 fully saturated rings. The Bertz CT molecular complexity index is 306. The first kappa shape index (κ1) is 16.8. The van der Waals surface area contributed by atoms with Gasteiger partial charge >= 0.3 is 6.09 Å². The van der Waals surface area contributed by atoms with Gasteiger partial charge < -0.3 is 10.1 Å². The summed E-state index contributed by atoms with van der Waals surface area (Å²) in [5.74, 6) is 0. The van der Waals surface area contributed by atoms with E-state index in [-0.39, 0.29) is 16.9 Å². The molecular weight excluding hydrogens is 278 g/mol. The summed E-state index contributed by atoms with van der Waals surface area (Å²) in [6.45, 7) is 4.87. The minimum Gasteiger partial charge on any atom is -0.446 e. The Morgan fingerprint density at radius 2 is 2.11 bits per heavy atom. The lowest BCUT2D eigenvalue weighted by Crippen LogP contribution is -2.37. The van der Waals surface area contributed by atoms with E-state index in [4.69, 9.17) is 4.74 Å². The van der Waals surface area contributed by atoms with Gasteiger partial charge in [0.2, 0.25) is 0 Å². The maximum absolute atomic E-state index is 11.8. The number of nitrogens with one attached hydrogen (secondary N) is 1. The van der Waals surface area contributed by atoms with Crippen LogP contribution in [0.5, 0.6) is 0 Å². The van der Waals surface area contributed by atoms with Gasteiger partial charge in [-0.3, -0.25) is 0 Å². The van der Waals surface area contributed by atoms with Crippen molar-refractivity contribution < 1.29 is 9.53 Å². The Labute approximate surface area is 124 Å². The number of hydrogen-bond acceptors (Lipinski definition) is 4. The minimum absolute atomic E-state index is 0.0299. The summed E-state index contributed by atoms with van der Waals surface area (Å²) < 4.78 is 5.53. The number of ether oxygens (including phenoxy) is 1. The zero-order chi connectivity index (χ0) is 14.1. The van der Waals surface area contributed by atoms with E-state index >= 15 is 0 Å². The van der Waals surface area contributed by atoms with Crippen LogP contribution >= 0.6 is 21.6 Å². The van der Waals surface area contributed by atoms with E-state index in [9.17, 15) is 4.79 Å². The first-order valence-corrected chi connectivity index (χ1v) is 9.40. The zero-order valence-electron chi connectivity index (χ0n) is 12.1. The summed E-state index contributed by atoms with van der Waals surface area (Å²) >= 11 is 0. The molecule has 3 nitrogen and oxygen atoms in total. The Morgan fingerprint density at radius 3 is 2.84 bits per heavy atom. The van der Waals surface area contributed by atoms with Crippen molar-refractivity contribution in [2.45, 2.75) is 56.8 Å². The van der Waals surface area contributed by atoms with Crippen molar-refractivity contribution in [1.82, 2.24) is 5.32 Å². The number of carbonyl (C=O) groups excluding carboxylic acids is 1. The molecule has 1 N–H and O–H groups in total. The third-order valence-corrected chi connectivity index (χ3v) is 5.58. The minimum atomic E-state index is -0.274. The largest absolute Gasteiger partial charge is 0.446 e. The number of alkyl carbamates (subject to hydrolysis) is 1. The van der Waals surface area contributed by atoms with E-state index in [0.717, 1.165) is 32.1 Å². The highest BCUT2D eigenvalue weighted by atomic mass is 33.1. The van der Waals surface area contributed by atoms with Gasteiger partial charge in [-0.15, -0.1) is 0 Å². The second-order valence-corrected chi connectivity index (χ2v) is 8.48. The lowest BCUT2D eigenvalue weighted by Gasteiger charge is -2.24. The normalized spacial score (nSPS) is 22.2. The molecule has 1 atom stereocenters. The Hall–Kier alpha value is -0.290. The molecular formula is C14H25NO2S2. The predicted molar refractivity (Wildman–Crippen MR) is 85.7 cm³/mol. The molecule has 1 rings (SSSR count). The van der Waals surface area contributed by atoms with Crippen LogP contribution in [0.3, 0.4) is 0 Å². The molecule has 0 aromatic carbocycles. The third-order valence-electron chi connectivity index (χ3n) is 2.96. The molecule has 0 radical (unpaired) electrons. The average molecular weight is 303 g/mol. The molecule has 0 heterocycles. The first-order chi connectivity index (χ1) is 9.03. The Kier molecular flexibility index (Phi) is 7.76. The summed E-state index contributed by atoms with van der Waals surface area (Å²) in [6, 6.07) is 0. The van der Waals surface area contributed by atoms with Gasteiger partial charge in [-0.1, -0.05) is 33.7 Å². The predicted octanol–water partition coefficient (Wildman–Crippen LogP) is 4.39. The second-order valence-electron chi connectivity index (χ2n) is 5.37. The molecule has 0 aliphatic heterocycles. The number of carbonyl (C=O) groups is 1. The van der Waals surface area contributed by atoms with Crippen molar-refractivity contribution in [3.8, 4) is 0 Å². The lowest BCUT2D eigenvalue weighted by molar-refractivity contribution is 0.0860. The van der Waals surface area contributed by atoms with Crippen LogP contribution in [0.25, 0.3) is 0 Å². The van der Waals surface area contributed by atoms with Crippen LogP contribution in [0.4, 0.5) is 4.79 Å². The zero-order valence-corrected chi connectivity index (χ0v) is 13.7. The molecule has 0 saturated carbocycles. The molecule has 110 valence electrons. The molecule has 0 aromatic rings. The highest BCUT2D eigenvalue weighted by molar-refractivity contribution is 8.76. The molecule has 0 spiro atoms. The number of amides is 1. The fraction of sp³-hybridized carbons (Fsp3) is 0.786. The monoisotopic (exact) mass is 303 g/mol. The first-order valence-electron chi connectivity index (χ1n) is 6.85. The van der Waals surface area contributed by atoms with Crippen molar-refractivity contribution in [2.24, 2.45) is 0 Å². The highest BCUT2D eigenvalue weighted by Gasteiger charge is 2.21. The van der Waals surface area contributed by atoms with Crippen LogP contribution in [-0.2, 0) is 4.74 Å². The van der Waals surface area contributed by atoms with E-state index in [1.807, 2.05) is 6.26 Å². The van der Waals surface area contributed by atoms with Gasteiger partial charge in [0.05, 0.1) is 0 Å². The van der Waals surface area contributed by atoms with Crippen LogP contribution in [0, 0.1) is 0 Å². The van der Waals surface area contributed by atoms with E-state index < -0.39 is 0 Å². The number of allylic oxidation sites excluding steroid dienone is 2. The molecule has 0 saturated heterocycles. The van der Waals surface area contributed by atoms with Crippen molar-refractivity contribution in [3.05, 3.63) is 12.2 Å². The Morgan fingerprint density at radius 1 is 1.37 bits per heavy atom. The van der Waals surface area contributed by atoms with E-state index in [1.165, 1.54) is 0 Å². The van der Waals surface area contributed by atoms with Crippen LogP contribution in [0.1, 0.15) is 46.0 Å². The van der Waals surface area contributed by atoms with E-state index in [2.05, 4.69) is 31.3 Å². The summed E-state index contributed by atoms with van der Waals surface area (Å²) in [4.78, 5) is 11.8. The van der Waals surface area contributed by atoms with Gasteiger partial charge in [-0.2, -0.15) is 0 Å². The summed E-state index contributed by atoms with van der Waals surface area (Å²) in [7, 11) is 3.48. The van der Waals surface area contributed by atoms with Crippen molar-refractivity contribution in [1.29, 1.82) is 0 Å². The molecule has 1 aliphatic rings. The summed E-state index contributed by atoms with van der Waals surface area (Å²) in [5.41, 5.74) is 0.